The van der Waals surface area contributed by atoms with Gasteiger partial charge in [0.15, 0.2) is 11.5 Å². The van der Waals surface area contributed by atoms with Crippen LogP contribution in [-0.4, -0.2) is 30.9 Å². The molecule has 4 rings (SSSR count). The number of carbonyl (C=O) groups excluding carboxylic acids is 2. The number of halogens is 1. The van der Waals surface area contributed by atoms with Crippen molar-refractivity contribution in [3.05, 3.63) is 131 Å². The number of benzene rings is 4. The third kappa shape index (κ3) is 7.23. The number of rotatable bonds is 11. The predicted molar refractivity (Wildman–Crippen MR) is 148 cm³/mol. The smallest absolute Gasteiger partial charge is 0.247 e. The number of carbonyl (C=O) groups is 2. The molecule has 2 amide bonds. The Labute approximate surface area is 228 Å². The number of methoxy groups -OCH3 is 2. The first kappa shape index (κ1) is 27.4. The van der Waals surface area contributed by atoms with Crippen molar-refractivity contribution in [1.82, 2.24) is 10.2 Å². The lowest BCUT2D eigenvalue weighted by atomic mass is 10.0. The van der Waals surface area contributed by atoms with Gasteiger partial charge in [-0.2, -0.15) is 0 Å². The summed E-state index contributed by atoms with van der Waals surface area (Å²) < 4.78 is 24.4. The van der Waals surface area contributed by atoms with Crippen molar-refractivity contribution in [3.63, 3.8) is 0 Å². The van der Waals surface area contributed by atoms with Gasteiger partial charge in [0.1, 0.15) is 11.9 Å². The third-order valence-electron chi connectivity index (χ3n) is 6.37. The van der Waals surface area contributed by atoms with E-state index in [2.05, 4.69) is 5.32 Å². The molecule has 4 aromatic carbocycles. The van der Waals surface area contributed by atoms with Crippen LogP contribution < -0.4 is 14.8 Å². The molecule has 0 heterocycles. The molecule has 1 atom stereocenters. The van der Waals surface area contributed by atoms with E-state index in [1.54, 1.807) is 42.3 Å². The first-order valence-electron chi connectivity index (χ1n) is 12.6. The summed E-state index contributed by atoms with van der Waals surface area (Å²) in [5, 5.41) is 3.00. The second-order valence-corrected chi connectivity index (χ2v) is 9.03. The molecule has 0 aromatic heterocycles. The lowest BCUT2D eigenvalue weighted by Gasteiger charge is -2.32. The average Bonchev–Trinajstić information content (AvgIpc) is 2.97. The topological polar surface area (TPSA) is 67.9 Å². The van der Waals surface area contributed by atoms with E-state index in [1.807, 2.05) is 60.7 Å². The van der Waals surface area contributed by atoms with Gasteiger partial charge in [0.2, 0.25) is 11.8 Å². The lowest BCUT2D eigenvalue weighted by molar-refractivity contribution is -0.141. The zero-order chi connectivity index (χ0) is 27.6. The largest absolute Gasteiger partial charge is 0.493 e. The van der Waals surface area contributed by atoms with Gasteiger partial charge in [-0.05, 0) is 46.5 Å². The summed E-state index contributed by atoms with van der Waals surface area (Å²) in [5.74, 6) is 0.109. The molecule has 0 aliphatic carbocycles. The number of amides is 2. The fraction of sp³-hybridized carbons (Fsp3) is 0.188. The Balaban J connectivity index is 1.68. The molecule has 0 spiro atoms. The van der Waals surface area contributed by atoms with E-state index < -0.39 is 6.04 Å². The molecule has 1 N–H and O–H groups in total. The van der Waals surface area contributed by atoms with Crippen LogP contribution in [0, 0.1) is 5.82 Å². The van der Waals surface area contributed by atoms with Crippen molar-refractivity contribution in [2.24, 2.45) is 0 Å². The molecule has 0 aliphatic rings. The van der Waals surface area contributed by atoms with Crippen molar-refractivity contribution >= 4 is 11.8 Å². The van der Waals surface area contributed by atoms with Crippen LogP contribution in [0.25, 0.3) is 0 Å². The van der Waals surface area contributed by atoms with Gasteiger partial charge in [-0.25, -0.2) is 4.39 Å². The first-order valence-corrected chi connectivity index (χ1v) is 12.6. The van der Waals surface area contributed by atoms with E-state index in [1.165, 1.54) is 19.2 Å². The highest BCUT2D eigenvalue weighted by molar-refractivity contribution is 5.89. The van der Waals surface area contributed by atoms with E-state index in [0.29, 0.717) is 34.7 Å². The second kappa shape index (κ2) is 13.2. The molecule has 0 radical (unpaired) electrons. The summed E-state index contributed by atoms with van der Waals surface area (Å²) in [5.41, 5.74) is 3.03. The van der Waals surface area contributed by atoms with E-state index >= 15 is 0 Å². The van der Waals surface area contributed by atoms with E-state index in [4.69, 9.17) is 9.47 Å². The van der Waals surface area contributed by atoms with Crippen LogP contribution in [0.15, 0.2) is 103 Å². The van der Waals surface area contributed by atoms with Crippen LogP contribution in [0.3, 0.4) is 0 Å². The van der Waals surface area contributed by atoms with Crippen molar-refractivity contribution in [2.75, 3.05) is 14.2 Å². The fourth-order valence-corrected chi connectivity index (χ4v) is 4.37. The summed E-state index contributed by atoms with van der Waals surface area (Å²) in [7, 11) is 3.08. The monoisotopic (exact) mass is 526 g/mol. The Hall–Kier alpha value is -4.65. The molecule has 0 saturated carbocycles. The highest BCUT2D eigenvalue weighted by Crippen LogP contribution is 2.29. The molecule has 0 aliphatic heterocycles. The highest BCUT2D eigenvalue weighted by Gasteiger charge is 2.31. The van der Waals surface area contributed by atoms with E-state index in [9.17, 15) is 14.0 Å². The maximum Gasteiger partial charge on any atom is 0.247 e. The zero-order valence-electron chi connectivity index (χ0n) is 22.0. The number of ether oxygens (including phenoxy) is 2. The molecule has 200 valence electrons. The SMILES string of the molecule is COc1ccc(CC(=O)N(Cc2ccc(F)cc2)C(C(=O)NCc2ccccc2)c2ccccc2)cc1OC. The Bertz CT molecular complexity index is 1380. The van der Waals surface area contributed by atoms with Crippen molar-refractivity contribution in [3.8, 4) is 11.5 Å². The normalized spacial score (nSPS) is 11.4. The van der Waals surface area contributed by atoms with Crippen LogP contribution in [0.2, 0.25) is 0 Å². The van der Waals surface area contributed by atoms with Gasteiger partial charge in [0.25, 0.3) is 0 Å². The average molecular weight is 527 g/mol. The quantitative estimate of drug-likeness (QED) is 0.281. The van der Waals surface area contributed by atoms with E-state index in [0.717, 1.165) is 5.56 Å². The van der Waals surface area contributed by atoms with Gasteiger partial charge in [0, 0.05) is 13.1 Å². The molecule has 4 aromatic rings. The molecule has 7 heteroatoms. The number of hydrogen-bond donors (Lipinski definition) is 1. The number of nitrogens with zero attached hydrogens (tertiary/aromatic N) is 1. The predicted octanol–water partition coefficient (Wildman–Crippen LogP) is 5.47. The van der Waals surface area contributed by atoms with Gasteiger partial charge in [0.05, 0.1) is 20.6 Å². The Morgan fingerprint density at radius 2 is 1.38 bits per heavy atom. The Kier molecular flexibility index (Phi) is 9.29. The van der Waals surface area contributed by atoms with Crippen LogP contribution in [0.4, 0.5) is 4.39 Å². The highest BCUT2D eigenvalue weighted by atomic mass is 19.1. The fourth-order valence-electron chi connectivity index (χ4n) is 4.37. The van der Waals surface area contributed by atoms with Crippen molar-refractivity contribution in [2.45, 2.75) is 25.6 Å². The molecule has 0 saturated heterocycles. The van der Waals surface area contributed by atoms with Crippen molar-refractivity contribution < 1.29 is 23.5 Å². The zero-order valence-corrected chi connectivity index (χ0v) is 22.0. The molecular weight excluding hydrogens is 495 g/mol. The van der Waals surface area contributed by atoms with E-state index in [-0.39, 0.29) is 30.6 Å². The minimum Gasteiger partial charge on any atom is -0.493 e. The molecule has 1 unspecified atom stereocenters. The van der Waals surface area contributed by atoms with Crippen molar-refractivity contribution in [1.29, 1.82) is 0 Å². The van der Waals surface area contributed by atoms with Crippen LogP contribution >= 0.6 is 0 Å². The van der Waals surface area contributed by atoms with Gasteiger partial charge in [-0.3, -0.25) is 9.59 Å². The number of hydrogen-bond acceptors (Lipinski definition) is 4. The molecule has 0 fully saturated rings. The van der Waals surface area contributed by atoms with Gasteiger partial charge in [-0.15, -0.1) is 0 Å². The second-order valence-electron chi connectivity index (χ2n) is 9.03. The molecule has 6 nitrogen and oxygen atoms in total. The summed E-state index contributed by atoms with van der Waals surface area (Å²) >= 11 is 0. The van der Waals surface area contributed by atoms with Gasteiger partial charge >= 0.3 is 0 Å². The third-order valence-corrected chi connectivity index (χ3v) is 6.37. The maximum atomic E-state index is 13.9. The lowest BCUT2D eigenvalue weighted by Crippen LogP contribution is -2.43. The van der Waals surface area contributed by atoms with Crippen LogP contribution in [-0.2, 0) is 29.1 Å². The Morgan fingerprint density at radius 1 is 0.769 bits per heavy atom. The number of nitrogens with one attached hydrogen (secondary N) is 1. The minimum absolute atomic E-state index is 0.0247. The Morgan fingerprint density at radius 3 is 2.03 bits per heavy atom. The van der Waals surface area contributed by atoms with Gasteiger partial charge < -0.3 is 19.7 Å². The van der Waals surface area contributed by atoms with Crippen LogP contribution in [0.5, 0.6) is 11.5 Å². The summed E-state index contributed by atoms with van der Waals surface area (Å²) in [6.45, 7) is 0.433. The van der Waals surface area contributed by atoms with Gasteiger partial charge in [-0.1, -0.05) is 78.9 Å². The molecular formula is C32H31FN2O4. The summed E-state index contributed by atoms with van der Waals surface area (Å²) in [6.07, 6.45) is 0.0247. The minimum atomic E-state index is -0.910. The first-order chi connectivity index (χ1) is 19.0. The summed E-state index contributed by atoms with van der Waals surface area (Å²) in [6, 6.07) is 29.1. The standard InChI is InChI=1S/C32H31FN2O4/c1-38-28-18-15-25(19-29(28)39-2)20-30(36)35(22-24-13-16-27(33)17-14-24)31(26-11-7-4-8-12-26)32(37)34-21-23-9-5-3-6-10-23/h3-19,31H,20-22H2,1-2H3,(H,34,37). The molecule has 39 heavy (non-hydrogen) atoms. The molecule has 0 bridgehead atoms. The summed E-state index contributed by atoms with van der Waals surface area (Å²) in [4.78, 5) is 29.2. The maximum absolute atomic E-state index is 13.9. The van der Waals surface area contributed by atoms with Crippen LogP contribution in [0.1, 0.15) is 28.3 Å².